The third-order valence-electron chi connectivity index (χ3n) is 5.35. The van der Waals surface area contributed by atoms with Crippen molar-refractivity contribution in [3.05, 3.63) is 39.8 Å². The summed E-state index contributed by atoms with van der Waals surface area (Å²) in [6, 6.07) is 6.11. The van der Waals surface area contributed by atoms with Gasteiger partial charge in [0.2, 0.25) is 5.91 Å². The van der Waals surface area contributed by atoms with Gasteiger partial charge in [-0.1, -0.05) is 43.8 Å². The van der Waals surface area contributed by atoms with E-state index in [2.05, 4.69) is 30.2 Å². The highest BCUT2D eigenvalue weighted by Gasteiger charge is 2.20. The number of nitrogen functional groups attached to an aromatic ring is 1. The van der Waals surface area contributed by atoms with Crippen LogP contribution >= 0.6 is 23.1 Å². The molecule has 29 heavy (non-hydrogen) atoms. The highest BCUT2D eigenvalue weighted by atomic mass is 32.2. The molecule has 7 heteroatoms. The van der Waals surface area contributed by atoms with Crippen molar-refractivity contribution in [2.24, 2.45) is 0 Å². The molecule has 1 amide bonds. The summed E-state index contributed by atoms with van der Waals surface area (Å²) >= 11 is 3.06. The minimum Gasteiger partial charge on any atom is -0.383 e. The van der Waals surface area contributed by atoms with Gasteiger partial charge in [0, 0.05) is 10.6 Å². The summed E-state index contributed by atoms with van der Waals surface area (Å²) in [6.45, 7) is 6.28. The Kier molecular flexibility index (Phi) is 5.79. The number of para-hydroxylation sites is 1. The molecule has 0 atom stereocenters. The zero-order valence-electron chi connectivity index (χ0n) is 17.0. The van der Waals surface area contributed by atoms with E-state index in [1.807, 2.05) is 19.1 Å². The first-order valence-electron chi connectivity index (χ1n) is 10.0. The van der Waals surface area contributed by atoms with Crippen molar-refractivity contribution in [2.45, 2.75) is 57.5 Å². The van der Waals surface area contributed by atoms with E-state index in [4.69, 9.17) is 10.7 Å². The predicted molar refractivity (Wildman–Crippen MR) is 123 cm³/mol. The zero-order valence-corrected chi connectivity index (χ0v) is 18.7. The normalized spacial score (nSPS) is 13.7. The monoisotopic (exact) mass is 426 g/mol. The Hall–Kier alpha value is -2.12. The van der Waals surface area contributed by atoms with Crippen LogP contribution < -0.4 is 11.1 Å². The Morgan fingerprint density at radius 3 is 2.86 bits per heavy atom. The van der Waals surface area contributed by atoms with Gasteiger partial charge in [0.05, 0.1) is 11.1 Å². The van der Waals surface area contributed by atoms with Crippen LogP contribution in [-0.2, 0) is 17.6 Å². The maximum atomic E-state index is 12.6. The van der Waals surface area contributed by atoms with Crippen molar-refractivity contribution in [1.29, 1.82) is 0 Å². The van der Waals surface area contributed by atoms with E-state index in [1.54, 1.807) is 11.3 Å². The van der Waals surface area contributed by atoms with E-state index >= 15 is 0 Å². The Labute approximate surface area is 179 Å². The molecule has 3 N–H and O–H groups in total. The number of rotatable bonds is 5. The Morgan fingerprint density at radius 1 is 1.28 bits per heavy atom. The molecule has 2 aromatic heterocycles. The van der Waals surface area contributed by atoms with Crippen LogP contribution in [-0.4, -0.2) is 21.6 Å². The van der Waals surface area contributed by atoms with Crippen LogP contribution in [0.25, 0.3) is 10.2 Å². The minimum atomic E-state index is -0.0565. The fourth-order valence-corrected chi connectivity index (χ4v) is 5.86. The molecule has 0 fully saturated rings. The van der Waals surface area contributed by atoms with Gasteiger partial charge >= 0.3 is 0 Å². The molecular formula is C22H26N4OS2. The number of fused-ring (bicyclic) bond motifs is 3. The number of hydrogen-bond acceptors (Lipinski definition) is 6. The molecular weight excluding hydrogens is 400 g/mol. The second-order valence-electron chi connectivity index (χ2n) is 7.81. The van der Waals surface area contributed by atoms with Gasteiger partial charge in [0.25, 0.3) is 0 Å². The van der Waals surface area contributed by atoms with Gasteiger partial charge in [-0.25, -0.2) is 9.97 Å². The SMILES string of the molecule is Cc1cccc(C(C)C)c1NC(=O)CSc1nc(N)c2c3c(sc2n1)CCCC3. The number of nitrogens with two attached hydrogens (primary N) is 1. The maximum absolute atomic E-state index is 12.6. The zero-order chi connectivity index (χ0) is 20.5. The number of thioether (sulfide) groups is 1. The number of carbonyl (C=O) groups is 1. The predicted octanol–water partition coefficient (Wildman–Crippen LogP) is 5.31. The number of nitrogens with zero attached hydrogens (tertiary/aromatic N) is 2. The highest BCUT2D eigenvalue weighted by Crippen LogP contribution is 2.38. The maximum Gasteiger partial charge on any atom is 0.234 e. The van der Waals surface area contributed by atoms with E-state index in [0.29, 0.717) is 16.9 Å². The number of benzene rings is 1. The fraction of sp³-hybridized carbons (Fsp3) is 0.409. The van der Waals surface area contributed by atoms with Crippen molar-refractivity contribution in [3.63, 3.8) is 0 Å². The van der Waals surface area contributed by atoms with Crippen LogP contribution in [0.3, 0.4) is 0 Å². The summed E-state index contributed by atoms with van der Waals surface area (Å²) in [4.78, 5) is 24.1. The number of carbonyl (C=O) groups excluding carboxylic acids is 1. The molecule has 5 nitrogen and oxygen atoms in total. The van der Waals surface area contributed by atoms with E-state index < -0.39 is 0 Å². The third kappa shape index (κ3) is 4.12. The van der Waals surface area contributed by atoms with Gasteiger partial charge in [-0.15, -0.1) is 11.3 Å². The summed E-state index contributed by atoms with van der Waals surface area (Å²) in [6.07, 6.45) is 4.60. The van der Waals surface area contributed by atoms with Gasteiger partial charge in [-0.2, -0.15) is 0 Å². The molecule has 1 aromatic carbocycles. The Balaban J connectivity index is 1.50. The number of anilines is 2. The lowest BCUT2D eigenvalue weighted by molar-refractivity contribution is -0.113. The Bertz CT molecular complexity index is 1070. The fourth-order valence-electron chi connectivity index (χ4n) is 3.88. The standard InChI is InChI=1S/C22H26N4OS2/c1-12(2)14-9-6-7-13(3)19(14)24-17(27)11-28-22-25-20(23)18-15-8-4-5-10-16(15)29-21(18)26-22/h6-7,9,12H,4-5,8,10-11H2,1-3H3,(H,24,27)(H2,23,25,26). The summed E-state index contributed by atoms with van der Waals surface area (Å²) in [5.74, 6) is 1.08. The topological polar surface area (TPSA) is 80.9 Å². The molecule has 3 aromatic rings. The van der Waals surface area contributed by atoms with Crippen molar-refractivity contribution >= 4 is 50.7 Å². The molecule has 0 spiro atoms. The van der Waals surface area contributed by atoms with E-state index in [-0.39, 0.29) is 11.7 Å². The Morgan fingerprint density at radius 2 is 2.07 bits per heavy atom. The average molecular weight is 427 g/mol. The molecule has 0 saturated heterocycles. The largest absolute Gasteiger partial charge is 0.383 e. The summed E-state index contributed by atoms with van der Waals surface area (Å²) in [7, 11) is 0. The van der Waals surface area contributed by atoms with Gasteiger partial charge in [-0.3, -0.25) is 4.79 Å². The van der Waals surface area contributed by atoms with Crippen molar-refractivity contribution in [1.82, 2.24) is 9.97 Å². The second-order valence-corrected chi connectivity index (χ2v) is 9.84. The van der Waals surface area contributed by atoms with Crippen molar-refractivity contribution < 1.29 is 4.79 Å². The van der Waals surface area contributed by atoms with E-state index in [9.17, 15) is 4.79 Å². The first-order chi connectivity index (χ1) is 13.9. The quantitative estimate of drug-likeness (QED) is 0.426. The van der Waals surface area contributed by atoms with Crippen molar-refractivity contribution in [3.8, 4) is 0 Å². The number of aromatic nitrogens is 2. The van der Waals surface area contributed by atoms with Crippen LogP contribution in [0.1, 0.15) is 54.2 Å². The lowest BCUT2D eigenvalue weighted by atomic mass is 9.97. The molecule has 0 aliphatic heterocycles. The second kappa shape index (κ2) is 8.32. The molecule has 1 aliphatic rings. The van der Waals surface area contributed by atoms with Crippen LogP contribution in [0.15, 0.2) is 23.4 Å². The number of nitrogens with one attached hydrogen (secondary N) is 1. The van der Waals surface area contributed by atoms with Crippen molar-refractivity contribution in [2.75, 3.05) is 16.8 Å². The molecule has 0 saturated carbocycles. The summed E-state index contributed by atoms with van der Waals surface area (Å²) < 4.78 is 0. The van der Waals surface area contributed by atoms with Crippen LogP contribution in [0.2, 0.25) is 0 Å². The van der Waals surface area contributed by atoms with E-state index in [1.165, 1.54) is 35.0 Å². The molecule has 2 heterocycles. The first kappa shape index (κ1) is 20.2. The lowest BCUT2D eigenvalue weighted by Crippen LogP contribution is -2.17. The minimum absolute atomic E-state index is 0.0565. The molecule has 152 valence electrons. The number of aryl methyl sites for hydroxylation is 3. The molecule has 0 radical (unpaired) electrons. The smallest absolute Gasteiger partial charge is 0.234 e. The van der Waals surface area contributed by atoms with Gasteiger partial charge in [0.1, 0.15) is 10.6 Å². The molecule has 1 aliphatic carbocycles. The summed E-state index contributed by atoms with van der Waals surface area (Å²) in [5, 5.41) is 4.67. The molecule has 4 rings (SSSR count). The summed E-state index contributed by atoms with van der Waals surface area (Å²) in [5.41, 5.74) is 10.7. The van der Waals surface area contributed by atoms with Gasteiger partial charge in [0.15, 0.2) is 5.16 Å². The van der Waals surface area contributed by atoms with Crippen LogP contribution in [0.5, 0.6) is 0 Å². The van der Waals surface area contributed by atoms with Crippen LogP contribution in [0, 0.1) is 6.92 Å². The third-order valence-corrected chi connectivity index (χ3v) is 7.38. The average Bonchev–Trinajstić information content (AvgIpc) is 3.06. The van der Waals surface area contributed by atoms with E-state index in [0.717, 1.165) is 39.9 Å². The number of thiophene rings is 1. The molecule has 0 bridgehead atoms. The van der Waals surface area contributed by atoms with Gasteiger partial charge < -0.3 is 11.1 Å². The first-order valence-corrected chi connectivity index (χ1v) is 11.8. The number of amides is 1. The lowest BCUT2D eigenvalue weighted by Gasteiger charge is -2.16. The molecule has 0 unspecified atom stereocenters. The highest BCUT2D eigenvalue weighted by molar-refractivity contribution is 7.99. The van der Waals surface area contributed by atoms with Crippen LogP contribution in [0.4, 0.5) is 11.5 Å². The number of hydrogen-bond donors (Lipinski definition) is 2. The van der Waals surface area contributed by atoms with Gasteiger partial charge in [-0.05, 0) is 55.2 Å².